The van der Waals surface area contributed by atoms with Gasteiger partial charge in [0.15, 0.2) is 0 Å². The van der Waals surface area contributed by atoms with Gasteiger partial charge in [-0.3, -0.25) is 0 Å². The Morgan fingerprint density at radius 3 is 2.56 bits per heavy atom. The van der Waals surface area contributed by atoms with Crippen LogP contribution in [0.5, 0.6) is 0 Å². The van der Waals surface area contributed by atoms with Crippen LogP contribution in [0.4, 0.5) is 0 Å². The number of fused-ring (bicyclic) bond motifs is 1. The molecule has 0 aliphatic heterocycles. The van der Waals surface area contributed by atoms with E-state index in [1.807, 2.05) is 6.08 Å². The molecule has 1 saturated carbocycles. The normalized spacial score (nSPS) is 29.4. The molecule has 3 unspecified atom stereocenters. The van der Waals surface area contributed by atoms with Gasteiger partial charge in [0.2, 0.25) is 0 Å². The smallest absolute Gasteiger partial charge is 0.00462 e. The second-order valence-electron chi connectivity index (χ2n) is 10.8. The fourth-order valence-electron chi connectivity index (χ4n) is 6.70. The van der Waals surface area contributed by atoms with Gasteiger partial charge in [-0.05, 0) is 86.3 Å². The van der Waals surface area contributed by atoms with E-state index in [2.05, 4.69) is 74.3 Å². The molecule has 0 saturated heterocycles. The minimum Gasteiger partial charge on any atom is -0.103 e. The van der Waals surface area contributed by atoms with Gasteiger partial charge in [-0.1, -0.05) is 105 Å². The van der Waals surface area contributed by atoms with E-state index in [4.69, 9.17) is 0 Å². The summed E-state index contributed by atoms with van der Waals surface area (Å²) in [5, 5.41) is 0. The highest BCUT2D eigenvalue weighted by Crippen LogP contribution is 2.49. The zero-order valence-electron chi connectivity index (χ0n) is 21.6. The number of hydrogen-bond donors (Lipinski definition) is 0. The molecular formula is C34H46. The highest BCUT2D eigenvalue weighted by atomic mass is 14.4. The molecule has 0 radical (unpaired) electrons. The molecule has 182 valence electrons. The third-order valence-corrected chi connectivity index (χ3v) is 8.55. The highest BCUT2D eigenvalue weighted by Gasteiger charge is 2.39. The molecule has 0 amide bonds. The molecule has 0 aromatic rings. The molecule has 0 heteroatoms. The van der Waals surface area contributed by atoms with Crippen LogP contribution in [0, 0.1) is 23.7 Å². The van der Waals surface area contributed by atoms with Crippen molar-refractivity contribution in [2.24, 2.45) is 23.7 Å². The predicted molar refractivity (Wildman–Crippen MR) is 150 cm³/mol. The number of hydrogen-bond acceptors (Lipinski definition) is 0. The third kappa shape index (κ3) is 6.32. The van der Waals surface area contributed by atoms with Crippen molar-refractivity contribution in [2.45, 2.75) is 90.4 Å². The Hall–Kier alpha value is -2.08. The Morgan fingerprint density at radius 1 is 0.971 bits per heavy atom. The van der Waals surface area contributed by atoms with E-state index in [-0.39, 0.29) is 0 Å². The molecule has 4 aliphatic rings. The summed E-state index contributed by atoms with van der Waals surface area (Å²) in [4.78, 5) is 0. The molecule has 4 rings (SSSR count). The van der Waals surface area contributed by atoms with Gasteiger partial charge >= 0.3 is 0 Å². The van der Waals surface area contributed by atoms with Gasteiger partial charge in [-0.15, -0.1) is 6.58 Å². The topological polar surface area (TPSA) is 0 Å². The number of rotatable bonds is 10. The lowest BCUT2D eigenvalue weighted by atomic mass is 9.60. The van der Waals surface area contributed by atoms with Crippen LogP contribution in [0.1, 0.15) is 90.4 Å². The SMILES string of the molecule is C=CC/C=C(\C=C\CCCCC)C1C=CC(C2=CC=C(C3=CC=CCC3)CC2)C2CCCC[C@H]12. The summed E-state index contributed by atoms with van der Waals surface area (Å²) in [5.41, 5.74) is 6.37. The molecule has 0 heterocycles. The summed E-state index contributed by atoms with van der Waals surface area (Å²) in [5.74, 6) is 2.83. The monoisotopic (exact) mass is 454 g/mol. The molecule has 0 aromatic carbocycles. The van der Waals surface area contributed by atoms with Gasteiger partial charge in [0.1, 0.15) is 0 Å². The quantitative estimate of drug-likeness (QED) is 0.175. The van der Waals surface area contributed by atoms with Crippen LogP contribution in [0.2, 0.25) is 0 Å². The molecule has 0 N–H and O–H groups in total. The van der Waals surface area contributed by atoms with Gasteiger partial charge in [-0.25, -0.2) is 0 Å². The largest absolute Gasteiger partial charge is 0.103 e. The molecule has 1 fully saturated rings. The first-order valence-electron chi connectivity index (χ1n) is 14.2. The minimum absolute atomic E-state index is 0.582. The van der Waals surface area contributed by atoms with Crippen molar-refractivity contribution in [3.8, 4) is 0 Å². The average molecular weight is 455 g/mol. The van der Waals surface area contributed by atoms with E-state index >= 15 is 0 Å². The van der Waals surface area contributed by atoms with Gasteiger partial charge in [0.25, 0.3) is 0 Å². The van der Waals surface area contributed by atoms with Crippen molar-refractivity contribution in [3.63, 3.8) is 0 Å². The fraction of sp³-hybridized carbons (Fsp3) is 0.529. The van der Waals surface area contributed by atoms with E-state index in [1.165, 1.54) is 77.0 Å². The predicted octanol–water partition coefficient (Wildman–Crippen LogP) is 10.2. The Balaban J connectivity index is 1.53. The summed E-state index contributed by atoms with van der Waals surface area (Å²) >= 11 is 0. The first-order valence-corrected chi connectivity index (χ1v) is 14.2. The highest BCUT2D eigenvalue weighted by molar-refractivity contribution is 5.42. The summed E-state index contributed by atoms with van der Waals surface area (Å²) < 4.78 is 0. The molecule has 0 spiro atoms. The van der Waals surface area contributed by atoms with Crippen LogP contribution in [0.15, 0.2) is 95.7 Å². The summed E-state index contributed by atoms with van der Waals surface area (Å²) in [6, 6.07) is 0. The molecule has 0 aromatic heterocycles. The molecule has 34 heavy (non-hydrogen) atoms. The lowest BCUT2D eigenvalue weighted by Gasteiger charge is -2.44. The first-order chi connectivity index (χ1) is 16.8. The van der Waals surface area contributed by atoms with Crippen LogP contribution >= 0.6 is 0 Å². The maximum absolute atomic E-state index is 3.99. The van der Waals surface area contributed by atoms with E-state index in [0.29, 0.717) is 11.8 Å². The van der Waals surface area contributed by atoms with Crippen molar-refractivity contribution in [2.75, 3.05) is 0 Å². The van der Waals surface area contributed by atoms with Crippen LogP contribution in [0.25, 0.3) is 0 Å². The lowest BCUT2D eigenvalue weighted by molar-refractivity contribution is 0.159. The summed E-state index contributed by atoms with van der Waals surface area (Å²) in [7, 11) is 0. The minimum atomic E-state index is 0.582. The Bertz CT molecular complexity index is 896. The maximum atomic E-state index is 3.99. The maximum Gasteiger partial charge on any atom is 0.00462 e. The van der Waals surface area contributed by atoms with Crippen LogP contribution < -0.4 is 0 Å². The van der Waals surface area contributed by atoms with Crippen molar-refractivity contribution in [1.29, 1.82) is 0 Å². The fourth-order valence-corrected chi connectivity index (χ4v) is 6.70. The molecular weight excluding hydrogens is 408 g/mol. The van der Waals surface area contributed by atoms with Crippen molar-refractivity contribution >= 4 is 0 Å². The standard InChI is InChI=1S/C34H46/c1-3-5-7-8-10-18-29(15-6-4-2)31-25-26-32(34-20-14-13-19-33(31)34)30-23-21-28(22-24-30)27-16-11-9-12-17-27/h4,9-11,15-16,18,21,23,25-26,31-34H,2-3,5-8,12-14,17,19-20,22,24H2,1H3/b18-10+,29-15+/t31?,32?,33-,34?/m1/s1. The number of unbranched alkanes of at least 4 members (excludes halogenated alkanes) is 3. The molecule has 0 bridgehead atoms. The van der Waals surface area contributed by atoms with Crippen molar-refractivity contribution < 1.29 is 0 Å². The van der Waals surface area contributed by atoms with E-state index in [1.54, 1.807) is 22.3 Å². The van der Waals surface area contributed by atoms with Gasteiger partial charge in [0, 0.05) is 11.8 Å². The third-order valence-electron chi connectivity index (χ3n) is 8.55. The van der Waals surface area contributed by atoms with Crippen LogP contribution in [0.3, 0.4) is 0 Å². The van der Waals surface area contributed by atoms with Crippen molar-refractivity contribution in [3.05, 3.63) is 95.7 Å². The molecule has 0 nitrogen and oxygen atoms in total. The zero-order valence-corrected chi connectivity index (χ0v) is 21.6. The lowest BCUT2D eigenvalue weighted by Crippen LogP contribution is -2.35. The van der Waals surface area contributed by atoms with Gasteiger partial charge in [0.05, 0.1) is 0 Å². The Morgan fingerprint density at radius 2 is 1.82 bits per heavy atom. The van der Waals surface area contributed by atoms with E-state index in [9.17, 15) is 0 Å². The average Bonchev–Trinajstić information content (AvgIpc) is 2.90. The van der Waals surface area contributed by atoms with Gasteiger partial charge < -0.3 is 0 Å². The van der Waals surface area contributed by atoms with Crippen LogP contribution in [-0.2, 0) is 0 Å². The molecule has 4 atom stereocenters. The Kier molecular flexibility index (Phi) is 9.66. The first kappa shape index (κ1) is 25.0. The zero-order chi connectivity index (χ0) is 23.6. The number of allylic oxidation sites excluding steroid dienone is 15. The second kappa shape index (κ2) is 13.1. The van der Waals surface area contributed by atoms with Crippen LogP contribution in [-0.4, -0.2) is 0 Å². The van der Waals surface area contributed by atoms with E-state index < -0.39 is 0 Å². The summed E-state index contributed by atoms with van der Waals surface area (Å²) in [6.07, 6.45) is 43.0. The van der Waals surface area contributed by atoms with Crippen molar-refractivity contribution in [1.82, 2.24) is 0 Å². The van der Waals surface area contributed by atoms with Gasteiger partial charge in [-0.2, -0.15) is 0 Å². The van der Waals surface area contributed by atoms with E-state index in [0.717, 1.165) is 18.3 Å². The molecule has 4 aliphatic carbocycles. The summed E-state index contributed by atoms with van der Waals surface area (Å²) in [6.45, 7) is 6.27. The second-order valence-corrected chi connectivity index (χ2v) is 10.8. The Labute approximate surface area is 209 Å².